The number of aromatic nitrogens is 3. The molecule has 0 N–H and O–H groups in total. The van der Waals surface area contributed by atoms with E-state index < -0.39 is 0 Å². The summed E-state index contributed by atoms with van der Waals surface area (Å²) in [6, 6.07) is 6.30. The average Bonchev–Trinajstić information content (AvgIpc) is 3.34. The van der Waals surface area contributed by atoms with E-state index in [1.807, 2.05) is 16.9 Å². The van der Waals surface area contributed by atoms with Crippen LogP contribution >= 0.6 is 15.9 Å². The molecule has 1 aliphatic rings. The van der Waals surface area contributed by atoms with Gasteiger partial charge in [-0.25, -0.2) is 14.2 Å². The van der Waals surface area contributed by atoms with Gasteiger partial charge in [0.15, 0.2) is 0 Å². The van der Waals surface area contributed by atoms with Crippen molar-refractivity contribution in [3.63, 3.8) is 0 Å². The van der Waals surface area contributed by atoms with Crippen molar-refractivity contribution in [2.45, 2.75) is 25.9 Å². The first-order valence-electron chi connectivity index (χ1n) is 9.26. The molecule has 0 spiro atoms. The molecule has 0 aliphatic carbocycles. The number of hydrogen-bond donors (Lipinski definition) is 0. The van der Waals surface area contributed by atoms with E-state index in [4.69, 9.17) is 9.57 Å². The first kappa shape index (κ1) is 19.5. The monoisotopic (exact) mass is 462 g/mol. The van der Waals surface area contributed by atoms with Crippen molar-refractivity contribution in [2.24, 2.45) is 0 Å². The van der Waals surface area contributed by atoms with E-state index in [-0.39, 0.29) is 17.9 Å². The lowest BCUT2D eigenvalue weighted by Gasteiger charge is -2.34. The molecule has 7 nitrogen and oxygen atoms in total. The summed E-state index contributed by atoms with van der Waals surface area (Å²) in [4.78, 5) is 20.5. The summed E-state index contributed by atoms with van der Waals surface area (Å²) < 4.78 is 23.5. The Bertz CT molecular complexity index is 1010. The second-order valence-electron chi connectivity index (χ2n) is 6.83. The quantitative estimate of drug-likeness (QED) is 0.581. The minimum atomic E-state index is -0.381. The molecule has 4 rings (SSSR count). The van der Waals surface area contributed by atoms with E-state index in [1.165, 1.54) is 23.8 Å². The van der Waals surface area contributed by atoms with Crippen LogP contribution in [-0.4, -0.2) is 39.6 Å². The van der Waals surface area contributed by atoms with Gasteiger partial charge < -0.3 is 14.6 Å². The van der Waals surface area contributed by atoms with Crippen molar-refractivity contribution >= 4 is 21.9 Å². The summed E-state index contributed by atoms with van der Waals surface area (Å²) in [6.07, 6.45) is 8.76. The van der Waals surface area contributed by atoms with Crippen molar-refractivity contribution in [1.82, 2.24) is 14.4 Å². The molecule has 152 valence electrons. The van der Waals surface area contributed by atoms with Crippen molar-refractivity contribution in [2.75, 3.05) is 18.1 Å². The van der Waals surface area contributed by atoms with E-state index >= 15 is 0 Å². The second-order valence-corrected chi connectivity index (χ2v) is 7.68. The molecule has 1 saturated heterocycles. The molecule has 0 radical (unpaired) electrons. The Kier molecular flexibility index (Phi) is 5.57. The maximum Gasteiger partial charge on any atom is 0.329 e. The summed E-state index contributed by atoms with van der Waals surface area (Å²) in [6.45, 7) is 2.94. The number of carbonyl (C=O) groups is 1. The van der Waals surface area contributed by atoms with Gasteiger partial charge in [0.05, 0.1) is 22.6 Å². The highest BCUT2D eigenvalue weighted by atomic mass is 79.9. The SMILES string of the molecule is CC(=O)On1ccc(-c2cn(N3CCC(Oc4cc(F)ccc4Br)CC3)cn2)c1. The minimum absolute atomic E-state index is 0.0325. The summed E-state index contributed by atoms with van der Waals surface area (Å²) in [5.74, 6) is -0.159. The fraction of sp³-hybridized carbons (Fsp3) is 0.300. The largest absolute Gasteiger partial charge is 0.489 e. The van der Waals surface area contributed by atoms with Gasteiger partial charge in [-0.15, -0.1) is 0 Å². The van der Waals surface area contributed by atoms with Gasteiger partial charge in [-0.05, 0) is 34.1 Å². The molecule has 9 heteroatoms. The second kappa shape index (κ2) is 8.28. The van der Waals surface area contributed by atoms with Crippen LogP contribution in [0, 0.1) is 5.82 Å². The topological polar surface area (TPSA) is 61.5 Å². The molecule has 2 aromatic heterocycles. The minimum Gasteiger partial charge on any atom is -0.489 e. The fourth-order valence-electron chi connectivity index (χ4n) is 3.29. The molecule has 3 heterocycles. The zero-order valence-corrected chi connectivity index (χ0v) is 17.4. The maximum atomic E-state index is 13.4. The summed E-state index contributed by atoms with van der Waals surface area (Å²) in [5.41, 5.74) is 1.65. The van der Waals surface area contributed by atoms with E-state index in [9.17, 15) is 9.18 Å². The molecular formula is C20H20BrFN4O3. The number of carbonyl (C=O) groups excluding carboxylic acids is 1. The molecule has 0 amide bonds. The van der Waals surface area contributed by atoms with E-state index in [1.54, 1.807) is 24.8 Å². The summed E-state index contributed by atoms with van der Waals surface area (Å²) >= 11 is 3.40. The van der Waals surface area contributed by atoms with Crippen LogP contribution in [0.25, 0.3) is 11.3 Å². The highest BCUT2D eigenvalue weighted by Crippen LogP contribution is 2.28. The van der Waals surface area contributed by atoms with Crippen molar-refractivity contribution in [1.29, 1.82) is 0 Å². The number of piperidine rings is 1. The van der Waals surface area contributed by atoms with Crippen LogP contribution in [0.3, 0.4) is 0 Å². The van der Waals surface area contributed by atoms with Crippen LogP contribution in [-0.2, 0) is 4.79 Å². The van der Waals surface area contributed by atoms with Crippen LogP contribution < -0.4 is 14.6 Å². The number of imidazole rings is 1. The lowest BCUT2D eigenvalue weighted by molar-refractivity contribution is -0.141. The predicted molar refractivity (Wildman–Crippen MR) is 109 cm³/mol. The number of benzene rings is 1. The van der Waals surface area contributed by atoms with Crippen LogP contribution in [0.4, 0.5) is 4.39 Å². The highest BCUT2D eigenvalue weighted by molar-refractivity contribution is 9.10. The predicted octanol–water partition coefficient (Wildman–Crippen LogP) is 3.41. The van der Waals surface area contributed by atoms with Gasteiger partial charge >= 0.3 is 5.97 Å². The lowest BCUT2D eigenvalue weighted by atomic mass is 10.1. The third-order valence-corrected chi connectivity index (χ3v) is 5.35. The third-order valence-electron chi connectivity index (χ3n) is 4.70. The number of nitrogens with zero attached hydrogens (tertiary/aromatic N) is 4. The van der Waals surface area contributed by atoms with Gasteiger partial charge in [-0.3, -0.25) is 4.68 Å². The standard InChI is InChI=1S/C20H20BrFN4O3/c1-14(27)29-26-9-4-15(11-26)19-12-25(13-23-19)24-7-5-17(6-8-24)28-20-10-16(22)2-3-18(20)21/h2-4,9-13,17H,5-8H2,1H3. The Morgan fingerprint density at radius 1 is 1.24 bits per heavy atom. The first-order chi connectivity index (χ1) is 14.0. The Balaban J connectivity index is 1.36. The van der Waals surface area contributed by atoms with Crippen LogP contribution in [0.15, 0.2) is 53.7 Å². The molecule has 29 heavy (non-hydrogen) atoms. The smallest absolute Gasteiger partial charge is 0.329 e. The molecule has 1 fully saturated rings. The lowest BCUT2D eigenvalue weighted by Crippen LogP contribution is -2.44. The molecule has 0 bridgehead atoms. The summed E-state index contributed by atoms with van der Waals surface area (Å²) in [7, 11) is 0. The number of halogens is 2. The molecular weight excluding hydrogens is 443 g/mol. The third kappa shape index (κ3) is 4.61. The van der Waals surface area contributed by atoms with Crippen LogP contribution in [0.2, 0.25) is 0 Å². The van der Waals surface area contributed by atoms with Crippen molar-refractivity contribution < 1.29 is 18.8 Å². The Hall–Kier alpha value is -2.81. The van der Waals surface area contributed by atoms with Gasteiger partial charge in [-0.1, -0.05) is 0 Å². The van der Waals surface area contributed by atoms with Gasteiger partial charge in [0.1, 0.15) is 24.0 Å². The Morgan fingerprint density at radius 2 is 2.03 bits per heavy atom. The van der Waals surface area contributed by atoms with E-state index in [0.717, 1.165) is 41.7 Å². The Labute approximate surface area is 175 Å². The molecule has 1 aliphatic heterocycles. The summed E-state index contributed by atoms with van der Waals surface area (Å²) in [5, 5.41) is 2.18. The van der Waals surface area contributed by atoms with Crippen molar-refractivity contribution in [3.8, 4) is 17.0 Å². The number of rotatable bonds is 5. The van der Waals surface area contributed by atoms with Gasteiger partial charge in [0.2, 0.25) is 0 Å². The fourth-order valence-corrected chi connectivity index (χ4v) is 3.63. The molecule has 3 aromatic rings. The van der Waals surface area contributed by atoms with Crippen LogP contribution in [0.5, 0.6) is 5.75 Å². The molecule has 0 unspecified atom stereocenters. The first-order valence-corrected chi connectivity index (χ1v) is 10.1. The zero-order valence-electron chi connectivity index (χ0n) is 15.8. The van der Waals surface area contributed by atoms with E-state index in [2.05, 4.69) is 25.9 Å². The number of ether oxygens (including phenoxy) is 1. The zero-order chi connectivity index (χ0) is 20.4. The van der Waals surface area contributed by atoms with Crippen LogP contribution in [0.1, 0.15) is 19.8 Å². The van der Waals surface area contributed by atoms with Crippen molar-refractivity contribution in [3.05, 3.63) is 59.5 Å². The molecule has 0 atom stereocenters. The highest BCUT2D eigenvalue weighted by Gasteiger charge is 2.22. The molecule has 0 saturated carbocycles. The number of hydrogen-bond acceptors (Lipinski definition) is 5. The normalized spacial score (nSPS) is 14.8. The maximum absolute atomic E-state index is 13.4. The van der Waals surface area contributed by atoms with E-state index in [0.29, 0.717) is 5.75 Å². The van der Waals surface area contributed by atoms with Gasteiger partial charge in [0.25, 0.3) is 0 Å². The van der Waals surface area contributed by atoms with Gasteiger partial charge in [0, 0.05) is 50.7 Å². The molecule has 1 aromatic carbocycles. The van der Waals surface area contributed by atoms with Gasteiger partial charge in [-0.2, -0.15) is 4.73 Å². The Morgan fingerprint density at radius 3 is 2.79 bits per heavy atom. The average molecular weight is 463 g/mol.